The number of anilines is 1. The molecule has 3 nitrogen and oxygen atoms in total. The molecule has 0 spiro atoms. The molecule has 1 amide bonds. The lowest BCUT2D eigenvalue weighted by Gasteiger charge is -2.20. The van der Waals surface area contributed by atoms with Crippen molar-refractivity contribution in [3.63, 3.8) is 0 Å². The number of rotatable bonds is 6. The van der Waals surface area contributed by atoms with Crippen LogP contribution in [-0.4, -0.2) is 12.0 Å². The number of ether oxygens (including phenoxy) is 1. The molecule has 0 fully saturated rings. The number of nitrogens with one attached hydrogen (secondary N) is 1. The summed E-state index contributed by atoms with van der Waals surface area (Å²) in [5.41, 5.74) is 5.29. The monoisotopic (exact) mass is 325 g/mol. The number of aryl methyl sites for hydroxylation is 4. The molecule has 0 aliphatic rings. The molecule has 0 aliphatic carbocycles. The maximum Gasteiger partial charge on any atom is 0.265 e. The van der Waals surface area contributed by atoms with Crippen molar-refractivity contribution in [3.8, 4) is 5.75 Å². The number of para-hydroxylation sites is 1. The van der Waals surface area contributed by atoms with Crippen LogP contribution in [0.2, 0.25) is 0 Å². The highest BCUT2D eigenvalue weighted by Gasteiger charge is 2.21. The summed E-state index contributed by atoms with van der Waals surface area (Å²) in [7, 11) is 0. The van der Waals surface area contributed by atoms with E-state index in [4.69, 9.17) is 4.74 Å². The maximum absolute atomic E-state index is 12.7. The largest absolute Gasteiger partial charge is 0.480 e. The zero-order valence-electron chi connectivity index (χ0n) is 15.3. The predicted molar refractivity (Wildman–Crippen MR) is 99.8 cm³/mol. The number of hydrogen-bond acceptors (Lipinski definition) is 2. The Bertz CT molecular complexity index is 722. The Hall–Kier alpha value is -2.29. The molecular weight excluding hydrogens is 298 g/mol. The molecule has 2 aromatic rings. The summed E-state index contributed by atoms with van der Waals surface area (Å²) in [5.74, 6) is 0.680. The van der Waals surface area contributed by atoms with Gasteiger partial charge in [0, 0.05) is 5.69 Å². The third-order valence-corrected chi connectivity index (χ3v) is 4.26. The second-order valence-corrected chi connectivity index (χ2v) is 6.24. The van der Waals surface area contributed by atoms with Gasteiger partial charge in [0.05, 0.1) is 0 Å². The zero-order chi connectivity index (χ0) is 17.7. The van der Waals surface area contributed by atoms with Gasteiger partial charge in [-0.3, -0.25) is 4.79 Å². The van der Waals surface area contributed by atoms with Gasteiger partial charge in [-0.15, -0.1) is 0 Å². The molecule has 0 bridgehead atoms. The van der Waals surface area contributed by atoms with Crippen molar-refractivity contribution >= 4 is 11.6 Å². The van der Waals surface area contributed by atoms with Gasteiger partial charge in [0.25, 0.3) is 5.91 Å². The maximum atomic E-state index is 12.7. The van der Waals surface area contributed by atoms with Gasteiger partial charge in [0.1, 0.15) is 5.75 Å². The van der Waals surface area contributed by atoms with Crippen LogP contribution in [0.15, 0.2) is 36.4 Å². The summed E-state index contributed by atoms with van der Waals surface area (Å²) in [6.07, 6.45) is 0.994. The van der Waals surface area contributed by atoms with Crippen molar-refractivity contribution in [2.75, 3.05) is 5.32 Å². The summed E-state index contributed by atoms with van der Waals surface area (Å²) in [6.45, 7) is 10.1. The van der Waals surface area contributed by atoms with Crippen molar-refractivity contribution in [2.45, 2.75) is 53.6 Å². The lowest BCUT2D eigenvalue weighted by atomic mass is 10.1. The molecule has 128 valence electrons. The molecule has 0 radical (unpaired) electrons. The summed E-state index contributed by atoms with van der Waals surface area (Å²) in [4.78, 5) is 12.7. The molecule has 0 unspecified atom stereocenters. The average Bonchev–Trinajstić information content (AvgIpc) is 2.57. The standard InChI is InChI=1S/C21H27NO2/c1-6-17-10-8-9-16(5)20(17)22-21(23)18(7-2)24-19-13-14(3)11-12-15(19)4/h8-13,18H,6-7H2,1-5H3,(H,22,23)/t18-/m0/s1. The Morgan fingerprint density at radius 3 is 2.50 bits per heavy atom. The van der Waals surface area contributed by atoms with Crippen molar-refractivity contribution in [3.05, 3.63) is 58.7 Å². The lowest BCUT2D eigenvalue weighted by Crippen LogP contribution is -2.33. The second-order valence-electron chi connectivity index (χ2n) is 6.24. The molecule has 2 aromatic carbocycles. The van der Waals surface area contributed by atoms with Gasteiger partial charge in [-0.25, -0.2) is 0 Å². The molecule has 24 heavy (non-hydrogen) atoms. The van der Waals surface area contributed by atoms with Crippen molar-refractivity contribution in [1.82, 2.24) is 0 Å². The molecule has 0 heterocycles. The highest BCUT2D eigenvalue weighted by atomic mass is 16.5. The minimum absolute atomic E-state index is 0.0950. The summed E-state index contributed by atoms with van der Waals surface area (Å²) >= 11 is 0. The third kappa shape index (κ3) is 4.16. The van der Waals surface area contributed by atoms with E-state index in [-0.39, 0.29) is 5.91 Å². The van der Waals surface area contributed by atoms with Crippen LogP contribution in [0, 0.1) is 20.8 Å². The normalized spacial score (nSPS) is 11.9. The number of benzene rings is 2. The van der Waals surface area contributed by atoms with Gasteiger partial charge >= 0.3 is 0 Å². The van der Waals surface area contributed by atoms with Gasteiger partial charge in [-0.05, 0) is 61.9 Å². The Balaban J connectivity index is 2.19. The smallest absolute Gasteiger partial charge is 0.265 e. The summed E-state index contributed by atoms with van der Waals surface area (Å²) in [5, 5.41) is 3.07. The molecule has 0 saturated heterocycles. The Morgan fingerprint density at radius 2 is 1.83 bits per heavy atom. The van der Waals surface area contributed by atoms with Gasteiger partial charge < -0.3 is 10.1 Å². The first kappa shape index (κ1) is 18.1. The first-order valence-corrected chi connectivity index (χ1v) is 8.59. The van der Waals surface area contributed by atoms with Gasteiger partial charge in [0.2, 0.25) is 0 Å². The Morgan fingerprint density at radius 1 is 1.08 bits per heavy atom. The van der Waals surface area contributed by atoms with Crippen LogP contribution in [0.5, 0.6) is 5.75 Å². The minimum Gasteiger partial charge on any atom is -0.480 e. The van der Waals surface area contributed by atoms with Crippen LogP contribution in [-0.2, 0) is 11.2 Å². The number of amides is 1. The molecule has 0 saturated carbocycles. The lowest BCUT2D eigenvalue weighted by molar-refractivity contribution is -0.122. The predicted octanol–water partition coefficient (Wildman–Crippen LogP) is 4.97. The summed E-state index contributed by atoms with van der Waals surface area (Å²) in [6, 6.07) is 12.1. The Kier molecular flexibility index (Phi) is 6.02. The second kappa shape index (κ2) is 8.00. The molecule has 0 aromatic heterocycles. The quantitative estimate of drug-likeness (QED) is 0.814. The van der Waals surface area contributed by atoms with E-state index in [1.165, 1.54) is 0 Å². The van der Waals surface area contributed by atoms with Gasteiger partial charge in [-0.1, -0.05) is 44.2 Å². The van der Waals surface area contributed by atoms with E-state index in [1.54, 1.807) is 0 Å². The highest BCUT2D eigenvalue weighted by Crippen LogP contribution is 2.24. The summed E-state index contributed by atoms with van der Waals surface area (Å²) < 4.78 is 6.01. The molecule has 2 rings (SSSR count). The fourth-order valence-electron chi connectivity index (χ4n) is 2.72. The fourth-order valence-corrected chi connectivity index (χ4v) is 2.72. The van der Waals surface area contributed by atoms with E-state index in [0.717, 1.165) is 40.1 Å². The van der Waals surface area contributed by atoms with E-state index < -0.39 is 6.10 Å². The van der Waals surface area contributed by atoms with E-state index in [2.05, 4.69) is 18.3 Å². The number of hydrogen-bond donors (Lipinski definition) is 1. The number of carbonyl (C=O) groups is 1. The zero-order valence-corrected chi connectivity index (χ0v) is 15.3. The minimum atomic E-state index is -0.505. The van der Waals surface area contributed by atoms with Crippen LogP contribution in [0.4, 0.5) is 5.69 Å². The van der Waals surface area contributed by atoms with Crippen molar-refractivity contribution < 1.29 is 9.53 Å². The molecular formula is C21H27NO2. The fraction of sp³-hybridized carbons (Fsp3) is 0.381. The van der Waals surface area contributed by atoms with E-state index >= 15 is 0 Å². The van der Waals surface area contributed by atoms with Crippen molar-refractivity contribution in [2.24, 2.45) is 0 Å². The molecule has 3 heteroatoms. The molecule has 1 atom stereocenters. The third-order valence-electron chi connectivity index (χ3n) is 4.26. The Labute approximate surface area is 145 Å². The SMILES string of the molecule is CCc1cccc(C)c1NC(=O)[C@H](CC)Oc1cc(C)ccc1C. The van der Waals surface area contributed by atoms with Gasteiger partial charge in [-0.2, -0.15) is 0 Å². The highest BCUT2D eigenvalue weighted by molar-refractivity contribution is 5.95. The van der Waals surface area contributed by atoms with Gasteiger partial charge in [0.15, 0.2) is 6.10 Å². The number of carbonyl (C=O) groups excluding carboxylic acids is 1. The van der Waals surface area contributed by atoms with E-state index in [0.29, 0.717) is 6.42 Å². The van der Waals surface area contributed by atoms with Crippen molar-refractivity contribution in [1.29, 1.82) is 0 Å². The molecule has 1 N–H and O–H groups in total. The topological polar surface area (TPSA) is 38.3 Å². The van der Waals surface area contributed by atoms with Crippen LogP contribution < -0.4 is 10.1 Å². The van der Waals surface area contributed by atoms with Crippen LogP contribution in [0.25, 0.3) is 0 Å². The first-order valence-electron chi connectivity index (χ1n) is 8.59. The van der Waals surface area contributed by atoms with E-state index in [1.807, 2.05) is 58.0 Å². The average molecular weight is 325 g/mol. The molecule has 0 aliphatic heterocycles. The van der Waals surface area contributed by atoms with Crippen LogP contribution in [0.1, 0.15) is 42.5 Å². The van der Waals surface area contributed by atoms with Crippen LogP contribution in [0.3, 0.4) is 0 Å². The van der Waals surface area contributed by atoms with E-state index in [9.17, 15) is 4.79 Å². The van der Waals surface area contributed by atoms with Crippen LogP contribution >= 0.6 is 0 Å². The first-order chi connectivity index (χ1) is 11.5.